The van der Waals surface area contributed by atoms with Gasteiger partial charge in [-0.15, -0.1) is 10.2 Å². The minimum absolute atomic E-state index is 0.640. The van der Waals surface area contributed by atoms with Crippen LogP contribution in [0.4, 0.5) is 0 Å². The van der Waals surface area contributed by atoms with Crippen molar-refractivity contribution >= 4 is 0 Å². The van der Waals surface area contributed by atoms with Crippen LogP contribution in [0.25, 0.3) is 0 Å². The molecule has 1 atom stereocenters. The molecule has 2 aliphatic rings. The molecule has 1 saturated carbocycles. The van der Waals surface area contributed by atoms with Crippen LogP contribution >= 0.6 is 0 Å². The molecular formula is C14H24N4O. The number of hydrogen-bond acceptors (Lipinski definition) is 5. The Morgan fingerprint density at radius 1 is 1.21 bits per heavy atom. The fraction of sp³-hybridized carbons (Fsp3) is 0.857. The molecule has 1 aromatic heterocycles. The third kappa shape index (κ3) is 2.98. The second-order valence-electron chi connectivity index (χ2n) is 5.98. The van der Waals surface area contributed by atoms with Crippen molar-refractivity contribution < 1.29 is 4.42 Å². The zero-order valence-corrected chi connectivity index (χ0v) is 12.0. The number of hydrogen-bond donors (Lipinski definition) is 0. The molecule has 106 valence electrons. The van der Waals surface area contributed by atoms with Gasteiger partial charge in [0.25, 0.3) is 0 Å². The minimum atomic E-state index is 0.640. The lowest BCUT2D eigenvalue weighted by Crippen LogP contribution is -2.54. The van der Waals surface area contributed by atoms with E-state index in [-0.39, 0.29) is 0 Å². The standard InChI is InChI=1S/C14H24N4O/c1-11-9-17(10-14-16-15-12(2)19-14)7-8-18(11)13-5-3-4-6-13/h11,13H,3-10H2,1-2H3. The monoisotopic (exact) mass is 264 g/mol. The van der Waals surface area contributed by atoms with Crippen molar-refractivity contribution in [3.05, 3.63) is 11.8 Å². The van der Waals surface area contributed by atoms with E-state index in [1.54, 1.807) is 0 Å². The van der Waals surface area contributed by atoms with Gasteiger partial charge in [0.15, 0.2) is 0 Å². The summed E-state index contributed by atoms with van der Waals surface area (Å²) < 4.78 is 5.47. The Morgan fingerprint density at radius 2 is 2.00 bits per heavy atom. The second kappa shape index (κ2) is 5.59. The third-order valence-corrected chi connectivity index (χ3v) is 4.48. The third-order valence-electron chi connectivity index (χ3n) is 4.48. The van der Waals surface area contributed by atoms with Crippen LogP contribution in [0.15, 0.2) is 4.42 Å². The Bertz CT molecular complexity index is 413. The molecule has 0 N–H and O–H groups in total. The summed E-state index contributed by atoms with van der Waals surface area (Å²) in [4.78, 5) is 5.14. The average Bonchev–Trinajstić information content (AvgIpc) is 3.01. The van der Waals surface area contributed by atoms with Gasteiger partial charge < -0.3 is 4.42 Å². The van der Waals surface area contributed by atoms with E-state index in [1.165, 1.54) is 32.2 Å². The number of piperazine rings is 1. The van der Waals surface area contributed by atoms with Crippen molar-refractivity contribution in [2.75, 3.05) is 19.6 Å². The predicted molar refractivity (Wildman–Crippen MR) is 72.7 cm³/mol. The molecule has 3 rings (SSSR count). The predicted octanol–water partition coefficient (Wildman–Crippen LogP) is 1.83. The first-order valence-corrected chi connectivity index (χ1v) is 7.49. The van der Waals surface area contributed by atoms with E-state index in [9.17, 15) is 0 Å². The van der Waals surface area contributed by atoms with Gasteiger partial charge >= 0.3 is 0 Å². The van der Waals surface area contributed by atoms with E-state index in [1.807, 2.05) is 6.92 Å². The molecule has 0 bridgehead atoms. The summed E-state index contributed by atoms with van der Waals surface area (Å²) in [6.07, 6.45) is 5.62. The van der Waals surface area contributed by atoms with Crippen LogP contribution in [0.3, 0.4) is 0 Å². The molecule has 0 aromatic carbocycles. The Kier molecular flexibility index (Phi) is 3.84. The summed E-state index contributed by atoms with van der Waals surface area (Å²) in [6.45, 7) is 8.39. The van der Waals surface area contributed by atoms with Gasteiger partial charge in [-0.3, -0.25) is 9.80 Å². The van der Waals surface area contributed by atoms with Crippen molar-refractivity contribution in [3.8, 4) is 0 Å². The first kappa shape index (κ1) is 13.1. The van der Waals surface area contributed by atoms with Crippen LogP contribution in [0, 0.1) is 6.92 Å². The second-order valence-corrected chi connectivity index (χ2v) is 5.98. The average molecular weight is 264 g/mol. The van der Waals surface area contributed by atoms with Crippen molar-refractivity contribution in [2.45, 2.75) is 58.2 Å². The summed E-state index contributed by atoms with van der Waals surface area (Å²) in [5.41, 5.74) is 0. The van der Waals surface area contributed by atoms with Gasteiger partial charge in [-0.2, -0.15) is 0 Å². The van der Waals surface area contributed by atoms with Crippen LogP contribution in [0.1, 0.15) is 44.4 Å². The van der Waals surface area contributed by atoms with E-state index in [0.29, 0.717) is 11.9 Å². The lowest BCUT2D eigenvalue weighted by molar-refractivity contribution is 0.0433. The highest BCUT2D eigenvalue weighted by Crippen LogP contribution is 2.27. The van der Waals surface area contributed by atoms with Crippen LogP contribution in [0.5, 0.6) is 0 Å². The molecule has 0 spiro atoms. The van der Waals surface area contributed by atoms with Gasteiger partial charge in [0, 0.05) is 38.6 Å². The smallest absolute Gasteiger partial charge is 0.230 e. The maximum absolute atomic E-state index is 5.47. The summed E-state index contributed by atoms with van der Waals surface area (Å²) in [6, 6.07) is 1.48. The summed E-state index contributed by atoms with van der Waals surface area (Å²) in [5, 5.41) is 7.98. The molecule has 1 saturated heterocycles. The van der Waals surface area contributed by atoms with E-state index in [0.717, 1.165) is 31.6 Å². The topological polar surface area (TPSA) is 45.4 Å². The first-order valence-electron chi connectivity index (χ1n) is 7.49. The largest absolute Gasteiger partial charge is 0.424 e. The molecular weight excluding hydrogens is 240 g/mol. The normalized spacial score (nSPS) is 27.2. The van der Waals surface area contributed by atoms with E-state index >= 15 is 0 Å². The lowest BCUT2D eigenvalue weighted by atomic mass is 10.1. The van der Waals surface area contributed by atoms with Gasteiger partial charge in [-0.1, -0.05) is 12.8 Å². The number of aryl methyl sites for hydroxylation is 1. The molecule has 0 amide bonds. The SMILES string of the molecule is Cc1nnc(CN2CCN(C3CCCC3)C(C)C2)o1. The molecule has 2 fully saturated rings. The zero-order valence-electron chi connectivity index (χ0n) is 12.0. The van der Waals surface area contributed by atoms with Crippen molar-refractivity contribution in [2.24, 2.45) is 0 Å². The number of rotatable bonds is 3. The highest BCUT2D eigenvalue weighted by atomic mass is 16.4. The molecule has 1 aliphatic carbocycles. The van der Waals surface area contributed by atoms with E-state index in [4.69, 9.17) is 4.42 Å². The Hall–Kier alpha value is -0.940. The maximum atomic E-state index is 5.47. The van der Waals surface area contributed by atoms with Crippen LogP contribution in [0.2, 0.25) is 0 Å². The van der Waals surface area contributed by atoms with E-state index < -0.39 is 0 Å². The zero-order chi connectivity index (χ0) is 13.2. The van der Waals surface area contributed by atoms with Crippen LogP contribution < -0.4 is 0 Å². The van der Waals surface area contributed by atoms with Crippen molar-refractivity contribution in [1.82, 2.24) is 20.0 Å². The number of nitrogens with zero attached hydrogens (tertiary/aromatic N) is 4. The molecule has 1 aliphatic heterocycles. The highest BCUT2D eigenvalue weighted by molar-refractivity contribution is 4.88. The Labute approximate surface area is 115 Å². The fourth-order valence-electron chi connectivity index (χ4n) is 3.56. The van der Waals surface area contributed by atoms with E-state index in [2.05, 4.69) is 26.9 Å². The lowest BCUT2D eigenvalue weighted by Gasteiger charge is -2.42. The molecule has 1 aromatic rings. The first-order chi connectivity index (χ1) is 9.22. The summed E-state index contributed by atoms with van der Waals surface area (Å²) in [7, 11) is 0. The fourth-order valence-corrected chi connectivity index (χ4v) is 3.56. The van der Waals surface area contributed by atoms with Gasteiger partial charge in [-0.05, 0) is 19.8 Å². The van der Waals surface area contributed by atoms with Crippen molar-refractivity contribution in [1.29, 1.82) is 0 Å². The van der Waals surface area contributed by atoms with Crippen molar-refractivity contribution in [3.63, 3.8) is 0 Å². The van der Waals surface area contributed by atoms with Gasteiger partial charge in [0.05, 0.1) is 6.54 Å². The molecule has 19 heavy (non-hydrogen) atoms. The summed E-state index contributed by atoms with van der Waals surface area (Å²) in [5.74, 6) is 1.41. The van der Waals surface area contributed by atoms with Crippen LogP contribution in [-0.2, 0) is 6.54 Å². The van der Waals surface area contributed by atoms with Crippen LogP contribution in [-0.4, -0.2) is 51.7 Å². The molecule has 0 radical (unpaired) electrons. The quantitative estimate of drug-likeness (QED) is 0.833. The van der Waals surface area contributed by atoms with Gasteiger partial charge in [0.1, 0.15) is 0 Å². The van der Waals surface area contributed by atoms with Gasteiger partial charge in [-0.25, -0.2) is 0 Å². The Morgan fingerprint density at radius 3 is 2.63 bits per heavy atom. The minimum Gasteiger partial charge on any atom is -0.424 e. The molecule has 5 nitrogen and oxygen atoms in total. The molecule has 2 heterocycles. The highest BCUT2D eigenvalue weighted by Gasteiger charge is 2.31. The van der Waals surface area contributed by atoms with Gasteiger partial charge in [0.2, 0.25) is 11.8 Å². The number of aromatic nitrogens is 2. The maximum Gasteiger partial charge on any atom is 0.230 e. The Balaban J connectivity index is 1.54. The molecule has 1 unspecified atom stereocenters. The molecule has 5 heteroatoms. The summed E-state index contributed by atoms with van der Waals surface area (Å²) >= 11 is 0.